The van der Waals surface area contributed by atoms with E-state index in [-0.39, 0.29) is 5.75 Å². The smallest absolute Gasteiger partial charge is 0.387 e. The van der Waals surface area contributed by atoms with Crippen molar-refractivity contribution in [3.63, 3.8) is 0 Å². The molecule has 4 aromatic rings. The Labute approximate surface area is 170 Å². The number of ether oxygens (including phenoxy) is 2. The first kappa shape index (κ1) is 19.4. The minimum atomic E-state index is -2.88. The molecule has 0 spiro atoms. The maximum Gasteiger partial charge on any atom is 0.387 e. The Hall–Kier alpha value is -3.94. The van der Waals surface area contributed by atoms with Gasteiger partial charge in [-0.2, -0.15) is 8.78 Å². The third kappa shape index (κ3) is 3.67. The maximum atomic E-state index is 12.4. The summed E-state index contributed by atoms with van der Waals surface area (Å²) < 4.78 is 36.5. The number of anilines is 1. The zero-order valence-corrected chi connectivity index (χ0v) is 15.9. The number of amides is 1. The van der Waals surface area contributed by atoms with Gasteiger partial charge >= 0.3 is 6.61 Å². The van der Waals surface area contributed by atoms with Crippen LogP contribution in [0.3, 0.4) is 0 Å². The Balaban J connectivity index is 1.86. The number of carbonyl (C=O) groups is 1. The molecule has 0 aliphatic rings. The van der Waals surface area contributed by atoms with Gasteiger partial charge in [0.2, 0.25) is 6.41 Å². The van der Waals surface area contributed by atoms with Crippen LogP contribution in [0.25, 0.3) is 28.0 Å². The van der Waals surface area contributed by atoms with Gasteiger partial charge in [0.15, 0.2) is 5.65 Å². The second-order valence-electron chi connectivity index (χ2n) is 6.34. The molecule has 1 N–H and O–H groups in total. The van der Waals surface area contributed by atoms with E-state index in [4.69, 9.17) is 4.74 Å². The third-order valence-electron chi connectivity index (χ3n) is 4.61. The van der Waals surface area contributed by atoms with Gasteiger partial charge in [-0.05, 0) is 36.4 Å². The number of pyridine rings is 1. The summed E-state index contributed by atoms with van der Waals surface area (Å²) in [5.41, 5.74) is 4.19. The van der Waals surface area contributed by atoms with E-state index in [1.165, 1.54) is 12.1 Å². The highest BCUT2D eigenvalue weighted by atomic mass is 19.3. The van der Waals surface area contributed by atoms with E-state index in [9.17, 15) is 13.6 Å². The number of rotatable bonds is 7. The number of hydrogen-bond acceptors (Lipinski definition) is 4. The average Bonchev–Trinajstić information content (AvgIpc) is 3.18. The summed E-state index contributed by atoms with van der Waals surface area (Å²) in [7, 11) is 1.59. The van der Waals surface area contributed by atoms with Crippen LogP contribution in [0, 0.1) is 0 Å². The van der Waals surface area contributed by atoms with Gasteiger partial charge < -0.3 is 14.8 Å². The van der Waals surface area contributed by atoms with Crippen LogP contribution in [0.1, 0.15) is 0 Å². The lowest BCUT2D eigenvalue weighted by Gasteiger charge is -2.12. The zero-order valence-electron chi connectivity index (χ0n) is 15.9. The van der Waals surface area contributed by atoms with E-state index in [1.807, 2.05) is 40.9 Å². The number of hydrogen-bond donors (Lipinski definition) is 1. The van der Waals surface area contributed by atoms with Crippen LogP contribution < -0.4 is 14.8 Å². The van der Waals surface area contributed by atoms with Crippen molar-refractivity contribution in [2.75, 3.05) is 12.4 Å². The molecule has 1 amide bonds. The highest BCUT2D eigenvalue weighted by Crippen LogP contribution is 2.34. The molecule has 0 aliphatic carbocycles. The molecule has 0 bridgehead atoms. The summed E-state index contributed by atoms with van der Waals surface area (Å²) in [5, 5.41) is 2.69. The third-order valence-corrected chi connectivity index (χ3v) is 4.61. The van der Waals surface area contributed by atoms with Gasteiger partial charge in [0.05, 0.1) is 24.7 Å². The van der Waals surface area contributed by atoms with E-state index >= 15 is 0 Å². The molecule has 4 rings (SSSR count). The molecule has 152 valence electrons. The van der Waals surface area contributed by atoms with Crippen LogP contribution in [0.5, 0.6) is 11.5 Å². The number of benzene rings is 2. The van der Waals surface area contributed by atoms with Crippen LogP contribution in [0.15, 0.2) is 67.0 Å². The van der Waals surface area contributed by atoms with Crippen LogP contribution in [0.4, 0.5) is 14.5 Å². The molecule has 6 nitrogen and oxygen atoms in total. The number of para-hydroxylation sites is 1. The highest BCUT2D eigenvalue weighted by molar-refractivity contribution is 5.86. The molecule has 0 unspecified atom stereocenters. The Morgan fingerprint density at radius 3 is 2.57 bits per heavy atom. The molecule has 8 heteroatoms. The standard InChI is InChI=1S/C22H17F2N3O3/c1-29-20-5-3-2-4-17(20)15-10-18(26-13-28)21-25-11-19(27(21)12-15)14-6-8-16(9-7-14)30-22(23)24/h2-13,22H,1H3,(H,26,28). The maximum absolute atomic E-state index is 12.4. The number of halogens is 2. The van der Waals surface area contributed by atoms with Gasteiger partial charge in [0, 0.05) is 22.9 Å². The van der Waals surface area contributed by atoms with Crippen molar-refractivity contribution in [2.24, 2.45) is 0 Å². The monoisotopic (exact) mass is 409 g/mol. The van der Waals surface area contributed by atoms with E-state index in [2.05, 4.69) is 15.0 Å². The topological polar surface area (TPSA) is 64.9 Å². The number of methoxy groups -OCH3 is 1. The first-order valence-electron chi connectivity index (χ1n) is 9.00. The van der Waals surface area contributed by atoms with Crippen LogP contribution in [-0.2, 0) is 4.79 Å². The van der Waals surface area contributed by atoms with Crippen molar-refractivity contribution in [3.05, 3.63) is 67.0 Å². The van der Waals surface area contributed by atoms with Gasteiger partial charge in [-0.1, -0.05) is 18.2 Å². The van der Waals surface area contributed by atoms with Gasteiger partial charge in [0.25, 0.3) is 0 Å². The first-order valence-corrected chi connectivity index (χ1v) is 9.00. The largest absolute Gasteiger partial charge is 0.496 e. The lowest BCUT2D eigenvalue weighted by molar-refractivity contribution is -0.105. The van der Waals surface area contributed by atoms with Crippen molar-refractivity contribution < 1.29 is 23.0 Å². The molecule has 0 saturated heterocycles. The van der Waals surface area contributed by atoms with Gasteiger partial charge in [0.1, 0.15) is 11.5 Å². The number of nitrogens with zero attached hydrogens (tertiary/aromatic N) is 2. The first-order chi connectivity index (χ1) is 14.6. The summed E-state index contributed by atoms with van der Waals surface area (Å²) in [6.07, 6.45) is 4.13. The molecule has 0 aliphatic heterocycles. The SMILES string of the molecule is COc1ccccc1-c1cc(NC=O)c2ncc(-c3ccc(OC(F)F)cc3)n2c1. The second kappa shape index (κ2) is 8.20. The summed E-state index contributed by atoms with van der Waals surface area (Å²) in [6, 6.07) is 15.6. The van der Waals surface area contributed by atoms with Crippen LogP contribution in [-0.4, -0.2) is 29.5 Å². The van der Waals surface area contributed by atoms with Crippen molar-refractivity contribution in [3.8, 4) is 33.9 Å². The fourth-order valence-corrected chi connectivity index (χ4v) is 3.31. The lowest BCUT2D eigenvalue weighted by atomic mass is 10.1. The Bertz CT molecular complexity index is 1190. The van der Waals surface area contributed by atoms with Gasteiger partial charge in [-0.15, -0.1) is 0 Å². The number of imidazole rings is 1. The van der Waals surface area contributed by atoms with Gasteiger partial charge in [-0.3, -0.25) is 9.20 Å². The molecule has 30 heavy (non-hydrogen) atoms. The minimum Gasteiger partial charge on any atom is -0.496 e. The fourth-order valence-electron chi connectivity index (χ4n) is 3.31. The number of fused-ring (bicyclic) bond motifs is 1. The molecule has 0 saturated carbocycles. The summed E-state index contributed by atoms with van der Waals surface area (Å²) >= 11 is 0. The molecule has 2 aromatic carbocycles. The molecule has 2 aromatic heterocycles. The van der Waals surface area contributed by atoms with Crippen molar-refractivity contribution >= 4 is 17.7 Å². The second-order valence-corrected chi connectivity index (χ2v) is 6.34. The molecular formula is C22H17F2N3O3. The zero-order chi connectivity index (χ0) is 21.1. The van der Waals surface area contributed by atoms with E-state index in [1.54, 1.807) is 25.4 Å². The Morgan fingerprint density at radius 2 is 1.87 bits per heavy atom. The van der Waals surface area contributed by atoms with Crippen LogP contribution >= 0.6 is 0 Å². The van der Waals surface area contributed by atoms with Crippen molar-refractivity contribution in [1.82, 2.24) is 9.38 Å². The van der Waals surface area contributed by atoms with E-state index in [0.29, 0.717) is 23.5 Å². The van der Waals surface area contributed by atoms with Gasteiger partial charge in [-0.25, -0.2) is 4.98 Å². The summed E-state index contributed by atoms with van der Waals surface area (Å²) in [5.74, 6) is 0.754. The molecule has 0 atom stereocenters. The molecular weight excluding hydrogens is 392 g/mol. The molecule has 2 heterocycles. The number of aromatic nitrogens is 2. The lowest BCUT2D eigenvalue weighted by Crippen LogP contribution is -2.01. The fraction of sp³-hybridized carbons (Fsp3) is 0.0909. The Kier molecular flexibility index (Phi) is 5.30. The number of nitrogens with one attached hydrogen (secondary N) is 1. The quantitative estimate of drug-likeness (QED) is 0.444. The molecule has 0 radical (unpaired) electrons. The number of alkyl halides is 2. The van der Waals surface area contributed by atoms with Crippen LogP contribution in [0.2, 0.25) is 0 Å². The summed E-state index contributed by atoms with van der Waals surface area (Å²) in [4.78, 5) is 15.6. The average molecular weight is 409 g/mol. The predicted molar refractivity (Wildman–Crippen MR) is 109 cm³/mol. The normalized spacial score (nSPS) is 10.9. The number of carbonyl (C=O) groups excluding carboxylic acids is 1. The van der Waals surface area contributed by atoms with Crippen molar-refractivity contribution in [2.45, 2.75) is 6.61 Å². The summed E-state index contributed by atoms with van der Waals surface area (Å²) in [6.45, 7) is -2.88. The Morgan fingerprint density at radius 1 is 1.10 bits per heavy atom. The predicted octanol–water partition coefficient (Wildman–Crippen LogP) is 4.85. The minimum absolute atomic E-state index is 0.0700. The highest BCUT2D eigenvalue weighted by Gasteiger charge is 2.14. The van der Waals surface area contributed by atoms with Crippen molar-refractivity contribution in [1.29, 1.82) is 0 Å². The molecule has 0 fully saturated rings. The van der Waals surface area contributed by atoms with E-state index < -0.39 is 6.61 Å². The van der Waals surface area contributed by atoms with E-state index in [0.717, 1.165) is 22.4 Å².